The van der Waals surface area contributed by atoms with Crippen LogP contribution in [0.4, 0.5) is 0 Å². The Bertz CT molecular complexity index is 443. The lowest BCUT2D eigenvalue weighted by Gasteiger charge is -2.55. The average Bonchev–Trinajstić information content (AvgIpc) is 2.80. The minimum Gasteiger partial charge on any atom is -0.0533 e. The van der Waals surface area contributed by atoms with Crippen LogP contribution < -0.4 is 0 Å². The van der Waals surface area contributed by atoms with E-state index in [1.165, 1.54) is 64.2 Å². The van der Waals surface area contributed by atoms with Crippen molar-refractivity contribution in [2.45, 2.75) is 161 Å². The van der Waals surface area contributed by atoms with Crippen molar-refractivity contribution in [3.8, 4) is 0 Å². The van der Waals surface area contributed by atoms with Gasteiger partial charge in [0.25, 0.3) is 0 Å². The third-order valence-corrected chi connectivity index (χ3v) is 10.5. The Balaban J connectivity index is 1.61. The van der Waals surface area contributed by atoms with Crippen LogP contribution in [-0.2, 0) is 0 Å². The molecule has 174 valence electrons. The highest BCUT2D eigenvalue weighted by Crippen LogP contribution is 2.59. The molecule has 0 nitrogen and oxygen atoms in total. The van der Waals surface area contributed by atoms with Gasteiger partial charge in [-0.1, -0.05) is 122 Å². The molecule has 0 aromatic heterocycles. The van der Waals surface area contributed by atoms with Crippen molar-refractivity contribution in [2.75, 3.05) is 0 Å². The third kappa shape index (κ3) is 5.86. The van der Waals surface area contributed by atoms with E-state index in [9.17, 15) is 0 Å². The summed E-state index contributed by atoms with van der Waals surface area (Å²) in [4.78, 5) is 0. The minimum absolute atomic E-state index is 0.733. The van der Waals surface area contributed by atoms with Gasteiger partial charge in [-0.25, -0.2) is 0 Å². The third-order valence-electron chi connectivity index (χ3n) is 10.5. The fourth-order valence-corrected chi connectivity index (χ4v) is 9.04. The molecule has 30 heavy (non-hydrogen) atoms. The normalized spacial score (nSPS) is 35.8. The van der Waals surface area contributed by atoms with Crippen LogP contribution in [0.1, 0.15) is 161 Å². The van der Waals surface area contributed by atoms with Gasteiger partial charge in [-0.05, 0) is 67.6 Å². The van der Waals surface area contributed by atoms with Crippen molar-refractivity contribution < 1.29 is 0 Å². The fraction of sp³-hybridized carbons (Fsp3) is 1.00. The predicted octanol–water partition coefficient (Wildman–Crippen LogP) is 10.2. The highest BCUT2D eigenvalue weighted by atomic mass is 14.5. The summed E-state index contributed by atoms with van der Waals surface area (Å²) >= 11 is 0. The Morgan fingerprint density at radius 3 is 1.47 bits per heavy atom. The molecular formula is C30H54. The molecular weight excluding hydrogens is 360 g/mol. The monoisotopic (exact) mass is 414 g/mol. The molecule has 0 aromatic carbocycles. The molecule has 0 spiro atoms. The maximum atomic E-state index is 1.62. The molecule has 0 N–H and O–H groups in total. The van der Waals surface area contributed by atoms with E-state index >= 15 is 0 Å². The lowest BCUT2D eigenvalue weighted by atomic mass is 9.50. The van der Waals surface area contributed by atoms with E-state index in [0.29, 0.717) is 0 Å². The second-order valence-corrected chi connectivity index (χ2v) is 12.2. The van der Waals surface area contributed by atoms with Gasteiger partial charge in [-0.2, -0.15) is 0 Å². The fourth-order valence-electron chi connectivity index (χ4n) is 9.04. The van der Waals surface area contributed by atoms with Crippen LogP contribution in [0.3, 0.4) is 0 Å². The lowest BCUT2D eigenvalue weighted by molar-refractivity contribution is -0.0554. The van der Waals surface area contributed by atoms with Crippen molar-refractivity contribution in [3.63, 3.8) is 0 Å². The van der Waals surface area contributed by atoms with E-state index in [0.717, 1.165) is 29.1 Å². The molecule has 3 unspecified atom stereocenters. The molecule has 0 bridgehead atoms. The molecule has 0 heteroatoms. The molecule has 0 heterocycles. The summed E-state index contributed by atoms with van der Waals surface area (Å²) in [6, 6.07) is 0. The predicted molar refractivity (Wildman–Crippen MR) is 132 cm³/mol. The number of fused-ring (bicyclic) bond motifs is 1. The van der Waals surface area contributed by atoms with Crippen LogP contribution in [-0.4, -0.2) is 0 Å². The number of hydrogen-bond donors (Lipinski definition) is 0. The summed E-state index contributed by atoms with van der Waals surface area (Å²) in [5.41, 5.74) is 0.733. The molecule has 0 aromatic rings. The minimum atomic E-state index is 0.733. The summed E-state index contributed by atoms with van der Waals surface area (Å²) in [6.45, 7) is 0. The van der Waals surface area contributed by atoms with E-state index in [1.807, 2.05) is 0 Å². The molecule has 0 saturated heterocycles. The van der Waals surface area contributed by atoms with Gasteiger partial charge < -0.3 is 0 Å². The van der Waals surface area contributed by atoms with Crippen molar-refractivity contribution in [3.05, 3.63) is 0 Å². The molecule has 3 atom stereocenters. The Kier molecular flexibility index (Phi) is 9.50. The zero-order chi connectivity index (χ0) is 20.5. The molecule has 4 fully saturated rings. The number of hydrogen-bond acceptors (Lipinski definition) is 0. The van der Waals surface area contributed by atoms with Crippen LogP contribution in [0.25, 0.3) is 0 Å². The zero-order valence-electron chi connectivity index (χ0n) is 20.5. The van der Waals surface area contributed by atoms with Crippen LogP contribution in [0.5, 0.6) is 0 Å². The maximum absolute atomic E-state index is 1.62. The topological polar surface area (TPSA) is 0 Å². The Hall–Kier alpha value is 0. The van der Waals surface area contributed by atoms with E-state index in [2.05, 4.69) is 0 Å². The van der Waals surface area contributed by atoms with Gasteiger partial charge in [-0.15, -0.1) is 0 Å². The zero-order valence-corrected chi connectivity index (χ0v) is 20.5. The van der Waals surface area contributed by atoms with Gasteiger partial charge in [-0.3, -0.25) is 0 Å². The van der Waals surface area contributed by atoms with Crippen molar-refractivity contribution in [1.82, 2.24) is 0 Å². The van der Waals surface area contributed by atoms with Gasteiger partial charge in [0.15, 0.2) is 0 Å². The van der Waals surface area contributed by atoms with E-state index in [4.69, 9.17) is 0 Å². The Morgan fingerprint density at radius 2 is 0.833 bits per heavy atom. The smallest absolute Gasteiger partial charge is 0.0238 e. The van der Waals surface area contributed by atoms with Crippen LogP contribution in [0, 0.1) is 29.1 Å². The lowest BCUT2D eigenvalue weighted by Crippen LogP contribution is -2.46. The largest absolute Gasteiger partial charge is 0.0533 e. The molecule has 0 radical (unpaired) electrons. The average molecular weight is 415 g/mol. The van der Waals surface area contributed by atoms with Crippen molar-refractivity contribution in [2.24, 2.45) is 29.1 Å². The van der Waals surface area contributed by atoms with E-state index in [-0.39, 0.29) is 0 Å². The highest BCUT2D eigenvalue weighted by molar-refractivity contribution is 4.99. The first-order chi connectivity index (χ1) is 14.9. The van der Waals surface area contributed by atoms with E-state index in [1.54, 1.807) is 96.3 Å². The summed E-state index contributed by atoms with van der Waals surface area (Å²) in [5.74, 6) is 4.40. The summed E-state index contributed by atoms with van der Waals surface area (Å²) < 4.78 is 0. The standard InChI is InChI=1S/C30H54/c1-3-7-11-20-27(21-12-8-4-1)30(24-15-9-5-2-6-10-16-25-30)29-23-17-19-26-18-13-14-22-28(26)29/h26-29H,1-25H2. The molecule has 4 aliphatic carbocycles. The summed E-state index contributed by atoms with van der Waals surface area (Å²) in [6.07, 6.45) is 38.9. The van der Waals surface area contributed by atoms with Crippen molar-refractivity contribution >= 4 is 0 Å². The number of rotatable bonds is 2. The SMILES string of the molecule is C1CCCCC(C2(C3CCCC4CCCCC43)CCCCCCCCC2)CCCC1. The highest BCUT2D eigenvalue weighted by Gasteiger charge is 2.49. The first-order valence-electron chi connectivity index (χ1n) is 14.9. The van der Waals surface area contributed by atoms with Crippen LogP contribution >= 0.6 is 0 Å². The first-order valence-corrected chi connectivity index (χ1v) is 14.9. The van der Waals surface area contributed by atoms with Gasteiger partial charge >= 0.3 is 0 Å². The van der Waals surface area contributed by atoms with Gasteiger partial charge in [0.05, 0.1) is 0 Å². The molecule has 0 amide bonds. The second kappa shape index (κ2) is 12.3. The van der Waals surface area contributed by atoms with Gasteiger partial charge in [0.1, 0.15) is 0 Å². The first kappa shape index (κ1) is 23.2. The van der Waals surface area contributed by atoms with Crippen molar-refractivity contribution in [1.29, 1.82) is 0 Å². The van der Waals surface area contributed by atoms with E-state index < -0.39 is 0 Å². The van der Waals surface area contributed by atoms with Crippen LogP contribution in [0.2, 0.25) is 0 Å². The van der Waals surface area contributed by atoms with Crippen LogP contribution in [0.15, 0.2) is 0 Å². The Labute approximate surface area is 189 Å². The maximum Gasteiger partial charge on any atom is -0.0238 e. The Morgan fingerprint density at radius 1 is 0.367 bits per heavy atom. The molecule has 0 aliphatic heterocycles. The molecule has 4 aliphatic rings. The second-order valence-electron chi connectivity index (χ2n) is 12.2. The van der Waals surface area contributed by atoms with Gasteiger partial charge in [0.2, 0.25) is 0 Å². The van der Waals surface area contributed by atoms with Gasteiger partial charge in [0, 0.05) is 0 Å². The summed E-state index contributed by atoms with van der Waals surface area (Å²) in [7, 11) is 0. The summed E-state index contributed by atoms with van der Waals surface area (Å²) in [5, 5.41) is 0. The molecule has 4 saturated carbocycles. The molecule has 4 rings (SSSR count). The quantitative estimate of drug-likeness (QED) is 0.421.